The largest absolute Gasteiger partial charge is 0.486 e. The summed E-state index contributed by atoms with van der Waals surface area (Å²) in [7, 11) is -3.73. The molecule has 2 atom stereocenters. The SMILES string of the molecule is CC(C)c1ccncc1OC1COC(c2cnc(Nc3ccc(S(N)(=O)=O)cc3)nc2)C1. The highest BCUT2D eigenvalue weighted by molar-refractivity contribution is 7.89. The van der Waals surface area contributed by atoms with Crippen molar-refractivity contribution in [3.05, 3.63) is 66.2 Å². The standard InChI is InChI=1S/C22H25N5O4S/c1-14(2)19-7-8-24-12-21(19)31-17-9-20(30-13-17)15-10-25-22(26-11-15)27-16-3-5-18(6-4-16)32(23,28)29/h3-8,10-12,14,17,20H,9,13H2,1-2H3,(H2,23,28,29)(H,25,26,27). The van der Waals surface area contributed by atoms with Crippen LogP contribution in [0.2, 0.25) is 0 Å². The van der Waals surface area contributed by atoms with Crippen molar-refractivity contribution >= 4 is 21.7 Å². The first-order valence-electron chi connectivity index (χ1n) is 10.2. The van der Waals surface area contributed by atoms with Crippen LogP contribution in [0.25, 0.3) is 0 Å². The number of hydrogen-bond acceptors (Lipinski definition) is 8. The third kappa shape index (κ3) is 5.21. The van der Waals surface area contributed by atoms with Gasteiger partial charge in [-0.25, -0.2) is 23.5 Å². The lowest BCUT2D eigenvalue weighted by molar-refractivity contribution is 0.0936. The number of aromatic nitrogens is 3. The van der Waals surface area contributed by atoms with Crippen molar-refractivity contribution in [2.24, 2.45) is 5.14 Å². The molecule has 3 heterocycles. The highest BCUT2D eigenvalue weighted by Gasteiger charge is 2.29. The summed E-state index contributed by atoms with van der Waals surface area (Å²) in [5, 5.41) is 8.14. The van der Waals surface area contributed by atoms with Crippen molar-refractivity contribution in [2.75, 3.05) is 11.9 Å². The van der Waals surface area contributed by atoms with Crippen molar-refractivity contribution < 1.29 is 17.9 Å². The summed E-state index contributed by atoms with van der Waals surface area (Å²) < 4.78 is 34.8. The summed E-state index contributed by atoms with van der Waals surface area (Å²) >= 11 is 0. The molecule has 0 saturated carbocycles. The van der Waals surface area contributed by atoms with E-state index in [1.807, 2.05) is 6.07 Å². The summed E-state index contributed by atoms with van der Waals surface area (Å²) in [4.78, 5) is 12.9. The third-order valence-corrected chi connectivity index (χ3v) is 6.10. The van der Waals surface area contributed by atoms with Gasteiger partial charge in [0.1, 0.15) is 11.9 Å². The van der Waals surface area contributed by atoms with Gasteiger partial charge in [0.2, 0.25) is 16.0 Å². The summed E-state index contributed by atoms with van der Waals surface area (Å²) in [5.41, 5.74) is 2.63. The zero-order chi connectivity index (χ0) is 22.7. The fourth-order valence-electron chi connectivity index (χ4n) is 3.48. The van der Waals surface area contributed by atoms with Crippen LogP contribution < -0.4 is 15.2 Å². The average Bonchev–Trinajstić information content (AvgIpc) is 3.23. The molecule has 1 fully saturated rings. The summed E-state index contributed by atoms with van der Waals surface area (Å²) in [6.07, 6.45) is 7.42. The average molecular weight is 456 g/mol. The smallest absolute Gasteiger partial charge is 0.238 e. The number of anilines is 2. The molecule has 32 heavy (non-hydrogen) atoms. The fraction of sp³-hybridized carbons (Fsp3) is 0.318. The van der Waals surface area contributed by atoms with Crippen LogP contribution in [0.1, 0.15) is 43.4 Å². The van der Waals surface area contributed by atoms with Crippen LogP contribution in [0.4, 0.5) is 11.6 Å². The quantitative estimate of drug-likeness (QED) is 0.555. The van der Waals surface area contributed by atoms with Crippen LogP contribution in [-0.4, -0.2) is 36.1 Å². The molecular formula is C22H25N5O4S. The zero-order valence-corrected chi connectivity index (χ0v) is 18.6. The van der Waals surface area contributed by atoms with E-state index in [1.54, 1.807) is 36.9 Å². The number of nitrogens with two attached hydrogens (primary N) is 1. The Morgan fingerprint density at radius 2 is 1.84 bits per heavy atom. The predicted octanol–water partition coefficient (Wildman–Crippen LogP) is 3.30. The molecule has 2 aromatic heterocycles. The minimum atomic E-state index is -3.73. The van der Waals surface area contributed by atoms with E-state index in [-0.39, 0.29) is 17.1 Å². The number of primary sulfonamides is 1. The van der Waals surface area contributed by atoms with E-state index < -0.39 is 10.0 Å². The summed E-state index contributed by atoms with van der Waals surface area (Å²) in [5.74, 6) is 1.52. The van der Waals surface area contributed by atoms with Crippen LogP contribution in [0.3, 0.4) is 0 Å². The molecule has 4 rings (SSSR count). The molecule has 0 bridgehead atoms. The Balaban J connectivity index is 1.37. The predicted molar refractivity (Wildman–Crippen MR) is 119 cm³/mol. The van der Waals surface area contributed by atoms with Gasteiger partial charge in [0.25, 0.3) is 0 Å². The number of nitrogens with one attached hydrogen (secondary N) is 1. The van der Waals surface area contributed by atoms with Crippen molar-refractivity contribution in [1.29, 1.82) is 0 Å². The molecule has 0 spiro atoms. The van der Waals surface area contributed by atoms with Gasteiger partial charge in [-0.3, -0.25) is 4.98 Å². The second-order valence-corrected chi connectivity index (χ2v) is 9.46. The van der Waals surface area contributed by atoms with E-state index in [9.17, 15) is 8.42 Å². The molecule has 0 radical (unpaired) electrons. The van der Waals surface area contributed by atoms with Gasteiger partial charge in [-0.2, -0.15) is 0 Å². The van der Waals surface area contributed by atoms with E-state index in [1.165, 1.54) is 12.1 Å². The molecule has 9 nitrogen and oxygen atoms in total. The zero-order valence-electron chi connectivity index (χ0n) is 17.8. The van der Waals surface area contributed by atoms with Gasteiger partial charge < -0.3 is 14.8 Å². The number of pyridine rings is 1. The Hall–Kier alpha value is -3.08. The highest BCUT2D eigenvalue weighted by atomic mass is 32.2. The highest BCUT2D eigenvalue weighted by Crippen LogP contribution is 2.33. The Morgan fingerprint density at radius 1 is 1.12 bits per heavy atom. The molecule has 3 N–H and O–H groups in total. The van der Waals surface area contributed by atoms with Crippen LogP contribution in [0, 0.1) is 0 Å². The Bertz CT molecular complexity index is 1170. The Labute approximate surface area is 187 Å². The van der Waals surface area contributed by atoms with Crippen LogP contribution in [0.15, 0.2) is 60.0 Å². The molecule has 168 valence electrons. The second-order valence-electron chi connectivity index (χ2n) is 7.90. The van der Waals surface area contributed by atoms with Crippen molar-refractivity contribution in [2.45, 2.75) is 43.3 Å². The topological polar surface area (TPSA) is 129 Å². The molecule has 0 aliphatic carbocycles. The van der Waals surface area contributed by atoms with Crippen molar-refractivity contribution in [3.8, 4) is 5.75 Å². The molecule has 1 aliphatic heterocycles. The molecular weight excluding hydrogens is 430 g/mol. The Kier molecular flexibility index (Phi) is 6.35. The van der Waals surface area contributed by atoms with E-state index in [2.05, 4.69) is 34.1 Å². The van der Waals surface area contributed by atoms with Crippen LogP contribution in [-0.2, 0) is 14.8 Å². The molecule has 1 saturated heterocycles. The van der Waals surface area contributed by atoms with Crippen molar-refractivity contribution in [1.82, 2.24) is 15.0 Å². The van der Waals surface area contributed by atoms with Crippen LogP contribution in [0.5, 0.6) is 5.75 Å². The second kappa shape index (κ2) is 9.19. The van der Waals surface area contributed by atoms with Gasteiger partial charge in [-0.1, -0.05) is 13.8 Å². The number of benzene rings is 1. The lowest BCUT2D eigenvalue weighted by Crippen LogP contribution is -2.17. The Morgan fingerprint density at radius 3 is 2.50 bits per heavy atom. The normalized spacial score (nSPS) is 18.6. The summed E-state index contributed by atoms with van der Waals surface area (Å²) in [6.45, 7) is 4.72. The minimum absolute atomic E-state index is 0.0428. The molecule has 1 aliphatic rings. The number of hydrogen-bond donors (Lipinski definition) is 2. The van der Waals surface area contributed by atoms with E-state index in [4.69, 9.17) is 14.6 Å². The first kappa shape index (κ1) is 22.1. The first-order valence-corrected chi connectivity index (χ1v) is 11.8. The van der Waals surface area contributed by atoms with Gasteiger partial charge in [-0.15, -0.1) is 0 Å². The molecule has 10 heteroatoms. The van der Waals surface area contributed by atoms with Gasteiger partial charge in [0.05, 0.1) is 23.8 Å². The molecule has 3 aromatic rings. The van der Waals surface area contributed by atoms with Gasteiger partial charge >= 0.3 is 0 Å². The van der Waals surface area contributed by atoms with E-state index >= 15 is 0 Å². The van der Waals surface area contributed by atoms with Crippen molar-refractivity contribution in [3.63, 3.8) is 0 Å². The third-order valence-electron chi connectivity index (χ3n) is 5.17. The lowest BCUT2D eigenvalue weighted by Gasteiger charge is -2.17. The molecule has 1 aromatic carbocycles. The maximum atomic E-state index is 11.3. The van der Waals surface area contributed by atoms with Crippen LogP contribution >= 0.6 is 0 Å². The number of sulfonamides is 1. The minimum Gasteiger partial charge on any atom is -0.486 e. The first-order chi connectivity index (χ1) is 15.3. The van der Waals surface area contributed by atoms with E-state index in [0.29, 0.717) is 30.6 Å². The molecule has 0 amide bonds. The monoisotopic (exact) mass is 455 g/mol. The van der Waals surface area contributed by atoms with E-state index in [0.717, 1.165) is 16.9 Å². The maximum absolute atomic E-state index is 11.3. The number of ether oxygens (including phenoxy) is 2. The summed E-state index contributed by atoms with van der Waals surface area (Å²) in [6, 6.07) is 8.03. The lowest BCUT2D eigenvalue weighted by atomic mass is 10.0. The molecule has 2 unspecified atom stereocenters. The van der Waals surface area contributed by atoms with Gasteiger partial charge in [0, 0.05) is 36.3 Å². The maximum Gasteiger partial charge on any atom is 0.238 e. The van der Waals surface area contributed by atoms with Gasteiger partial charge in [-0.05, 0) is 41.8 Å². The fourth-order valence-corrected chi connectivity index (χ4v) is 4.00. The number of nitrogens with zero attached hydrogens (tertiary/aromatic N) is 3. The van der Waals surface area contributed by atoms with Gasteiger partial charge in [0.15, 0.2) is 0 Å². The number of rotatable bonds is 7.